The van der Waals surface area contributed by atoms with Crippen molar-refractivity contribution < 1.29 is 5.11 Å². The zero-order chi connectivity index (χ0) is 12.3. The summed E-state index contributed by atoms with van der Waals surface area (Å²) in [5.74, 6) is 2.28. The van der Waals surface area contributed by atoms with Gasteiger partial charge in [-0.05, 0) is 32.1 Å². The minimum atomic E-state index is 0.295. The molecule has 5 heteroatoms. The monoisotopic (exact) mass is 255 g/mol. The minimum Gasteiger partial charge on any atom is -0.396 e. The lowest BCUT2D eigenvalue weighted by Gasteiger charge is -2.32. The Kier molecular flexibility index (Phi) is 4.18. The lowest BCUT2D eigenvalue weighted by Crippen LogP contribution is -2.34. The molecule has 1 N–H and O–H groups in total. The molecule has 1 fully saturated rings. The molecule has 0 unspecified atom stereocenters. The van der Waals surface area contributed by atoms with Crippen LogP contribution >= 0.6 is 11.6 Å². The number of nitrogens with zero attached hydrogens (tertiary/aromatic N) is 3. The molecule has 1 aliphatic rings. The van der Waals surface area contributed by atoms with Crippen LogP contribution in [0.3, 0.4) is 0 Å². The van der Waals surface area contributed by atoms with Crippen LogP contribution in [0, 0.1) is 12.8 Å². The first-order valence-electron chi connectivity index (χ1n) is 6.06. The van der Waals surface area contributed by atoms with E-state index in [2.05, 4.69) is 14.9 Å². The molecule has 0 aliphatic carbocycles. The summed E-state index contributed by atoms with van der Waals surface area (Å²) in [6.45, 7) is 4.12. The van der Waals surface area contributed by atoms with E-state index in [-0.39, 0.29) is 0 Å². The van der Waals surface area contributed by atoms with Gasteiger partial charge in [-0.25, -0.2) is 9.97 Å². The minimum absolute atomic E-state index is 0.295. The topological polar surface area (TPSA) is 49.2 Å². The predicted octanol–water partition coefficient (Wildman–Crippen LogP) is 2.04. The lowest BCUT2D eigenvalue weighted by molar-refractivity contribution is 0.240. The molecule has 0 radical (unpaired) electrons. The van der Waals surface area contributed by atoms with E-state index in [1.54, 1.807) is 0 Å². The van der Waals surface area contributed by atoms with E-state index < -0.39 is 0 Å². The lowest BCUT2D eigenvalue weighted by atomic mass is 9.94. The van der Waals surface area contributed by atoms with E-state index in [9.17, 15) is 0 Å². The van der Waals surface area contributed by atoms with E-state index in [1.165, 1.54) is 0 Å². The number of aliphatic hydroxyl groups is 1. The van der Waals surface area contributed by atoms with Gasteiger partial charge in [0.1, 0.15) is 16.8 Å². The fraction of sp³-hybridized carbons (Fsp3) is 0.667. The van der Waals surface area contributed by atoms with E-state index in [4.69, 9.17) is 16.7 Å². The third-order valence-corrected chi connectivity index (χ3v) is 3.46. The summed E-state index contributed by atoms with van der Waals surface area (Å²) >= 11 is 5.94. The summed E-state index contributed by atoms with van der Waals surface area (Å²) < 4.78 is 0. The fourth-order valence-corrected chi connectivity index (χ4v) is 2.53. The summed E-state index contributed by atoms with van der Waals surface area (Å²) in [7, 11) is 0. The van der Waals surface area contributed by atoms with Crippen LogP contribution in [0.5, 0.6) is 0 Å². The van der Waals surface area contributed by atoms with Gasteiger partial charge in [0.2, 0.25) is 0 Å². The first-order valence-corrected chi connectivity index (χ1v) is 6.44. The molecule has 94 valence electrons. The van der Waals surface area contributed by atoms with Crippen molar-refractivity contribution in [2.45, 2.75) is 26.2 Å². The van der Waals surface area contributed by atoms with Gasteiger partial charge in [0.25, 0.3) is 0 Å². The maximum Gasteiger partial charge on any atom is 0.134 e. The van der Waals surface area contributed by atoms with Gasteiger partial charge in [0, 0.05) is 25.8 Å². The highest BCUT2D eigenvalue weighted by Gasteiger charge is 2.20. The molecule has 0 spiro atoms. The molecule has 17 heavy (non-hydrogen) atoms. The number of halogens is 1. The van der Waals surface area contributed by atoms with Gasteiger partial charge in [-0.3, -0.25) is 0 Å². The average Bonchev–Trinajstić information content (AvgIpc) is 2.29. The van der Waals surface area contributed by atoms with Crippen molar-refractivity contribution in [2.24, 2.45) is 5.92 Å². The van der Waals surface area contributed by atoms with Gasteiger partial charge in [0.05, 0.1) is 0 Å². The van der Waals surface area contributed by atoms with Gasteiger partial charge in [0.15, 0.2) is 0 Å². The Morgan fingerprint density at radius 3 is 2.71 bits per heavy atom. The second-order valence-corrected chi connectivity index (χ2v) is 4.93. The van der Waals surface area contributed by atoms with E-state index in [0.717, 1.165) is 38.2 Å². The molecule has 0 aromatic carbocycles. The molecule has 0 atom stereocenters. The number of anilines is 1. The van der Waals surface area contributed by atoms with Crippen LogP contribution in [-0.2, 0) is 0 Å². The number of aliphatic hydroxyl groups excluding tert-OH is 1. The Morgan fingerprint density at radius 2 is 2.12 bits per heavy atom. The summed E-state index contributed by atoms with van der Waals surface area (Å²) in [4.78, 5) is 10.7. The average molecular weight is 256 g/mol. The van der Waals surface area contributed by atoms with Crippen molar-refractivity contribution in [3.05, 3.63) is 17.0 Å². The van der Waals surface area contributed by atoms with E-state index >= 15 is 0 Å². The van der Waals surface area contributed by atoms with E-state index in [1.807, 2.05) is 13.0 Å². The normalized spacial score (nSPS) is 17.5. The SMILES string of the molecule is Cc1nc(Cl)cc(N2CCC(CCO)CC2)n1. The molecule has 1 aliphatic heterocycles. The van der Waals surface area contributed by atoms with Gasteiger partial charge >= 0.3 is 0 Å². The van der Waals surface area contributed by atoms with Crippen molar-refractivity contribution in [2.75, 3.05) is 24.6 Å². The van der Waals surface area contributed by atoms with Crippen LogP contribution in [0.1, 0.15) is 25.1 Å². The van der Waals surface area contributed by atoms with Crippen molar-refractivity contribution >= 4 is 17.4 Å². The van der Waals surface area contributed by atoms with Crippen molar-refractivity contribution in [1.82, 2.24) is 9.97 Å². The highest BCUT2D eigenvalue weighted by molar-refractivity contribution is 6.29. The molecular weight excluding hydrogens is 238 g/mol. The van der Waals surface area contributed by atoms with Gasteiger partial charge in [-0.2, -0.15) is 0 Å². The number of rotatable bonds is 3. The molecule has 0 amide bonds. The second kappa shape index (κ2) is 5.65. The zero-order valence-corrected chi connectivity index (χ0v) is 10.8. The van der Waals surface area contributed by atoms with Crippen LogP contribution in [0.2, 0.25) is 5.15 Å². The van der Waals surface area contributed by atoms with E-state index in [0.29, 0.717) is 23.5 Å². The maximum absolute atomic E-state index is 8.92. The molecule has 4 nitrogen and oxygen atoms in total. The first kappa shape index (κ1) is 12.6. The highest BCUT2D eigenvalue weighted by Crippen LogP contribution is 2.24. The number of aryl methyl sites for hydroxylation is 1. The Bertz CT molecular complexity index is 358. The summed E-state index contributed by atoms with van der Waals surface area (Å²) in [6, 6.07) is 1.82. The molecule has 1 aromatic rings. The summed E-state index contributed by atoms with van der Waals surface area (Å²) in [5, 5.41) is 9.43. The third kappa shape index (κ3) is 3.30. The van der Waals surface area contributed by atoms with Gasteiger partial charge < -0.3 is 10.0 Å². The standard InChI is InChI=1S/C12H18ClN3O/c1-9-14-11(13)8-12(15-9)16-5-2-10(3-6-16)4-7-17/h8,10,17H,2-7H2,1H3. The Labute approximate surface area is 107 Å². The van der Waals surface area contributed by atoms with Crippen molar-refractivity contribution in [3.63, 3.8) is 0 Å². The fourth-order valence-electron chi connectivity index (χ4n) is 2.31. The van der Waals surface area contributed by atoms with Crippen LogP contribution in [0.4, 0.5) is 5.82 Å². The number of hydrogen-bond donors (Lipinski definition) is 1. The molecule has 2 heterocycles. The van der Waals surface area contributed by atoms with Crippen LogP contribution in [0.25, 0.3) is 0 Å². The number of piperidine rings is 1. The molecule has 1 saturated heterocycles. The summed E-state index contributed by atoms with van der Waals surface area (Å²) in [6.07, 6.45) is 3.14. The Balaban J connectivity index is 2.00. The molecular formula is C12H18ClN3O. The quantitative estimate of drug-likeness (QED) is 0.840. The smallest absolute Gasteiger partial charge is 0.134 e. The summed E-state index contributed by atoms with van der Waals surface area (Å²) in [5.41, 5.74) is 0. The first-order chi connectivity index (χ1) is 8.19. The number of aromatic nitrogens is 2. The van der Waals surface area contributed by atoms with Crippen molar-refractivity contribution in [3.8, 4) is 0 Å². The van der Waals surface area contributed by atoms with Gasteiger partial charge in [-0.15, -0.1) is 0 Å². The van der Waals surface area contributed by atoms with Gasteiger partial charge in [-0.1, -0.05) is 11.6 Å². The Morgan fingerprint density at radius 1 is 1.41 bits per heavy atom. The maximum atomic E-state index is 8.92. The van der Waals surface area contributed by atoms with Crippen LogP contribution in [-0.4, -0.2) is 34.8 Å². The molecule has 1 aromatic heterocycles. The second-order valence-electron chi connectivity index (χ2n) is 4.54. The van der Waals surface area contributed by atoms with Crippen LogP contribution in [0.15, 0.2) is 6.07 Å². The predicted molar refractivity (Wildman–Crippen MR) is 68.4 cm³/mol. The van der Waals surface area contributed by atoms with Crippen LogP contribution < -0.4 is 4.90 Å². The molecule has 0 saturated carbocycles. The third-order valence-electron chi connectivity index (χ3n) is 3.27. The Hall–Kier alpha value is -0.870. The molecule has 0 bridgehead atoms. The largest absolute Gasteiger partial charge is 0.396 e. The molecule has 2 rings (SSSR count). The van der Waals surface area contributed by atoms with Crippen molar-refractivity contribution in [1.29, 1.82) is 0 Å². The zero-order valence-electron chi connectivity index (χ0n) is 10.1. The highest BCUT2D eigenvalue weighted by atomic mass is 35.5. The number of hydrogen-bond acceptors (Lipinski definition) is 4.